The summed E-state index contributed by atoms with van der Waals surface area (Å²) in [7, 11) is 0. The molecule has 0 bridgehead atoms. The summed E-state index contributed by atoms with van der Waals surface area (Å²) in [6.45, 7) is 5.96. The highest BCUT2D eigenvalue weighted by atomic mass is 32.1. The Labute approximate surface area is 185 Å². The van der Waals surface area contributed by atoms with E-state index < -0.39 is 0 Å². The summed E-state index contributed by atoms with van der Waals surface area (Å²) in [6.07, 6.45) is 0. The van der Waals surface area contributed by atoms with Gasteiger partial charge in [-0.1, -0.05) is 17.7 Å². The third kappa shape index (κ3) is 5.46. The van der Waals surface area contributed by atoms with Gasteiger partial charge >= 0.3 is 0 Å². The van der Waals surface area contributed by atoms with E-state index in [0.717, 1.165) is 28.3 Å². The Balaban J connectivity index is 1.43. The van der Waals surface area contributed by atoms with Crippen LogP contribution in [0.15, 0.2) is 66.0 Å². The van der Waals surface area contributed by atoms with E-state index in [1.807, 2.05) is 79.9 Å². The molecule has 31 heavy (non-hydrogen) atoms. The summed E-state index contributed by atoms with van der Waals surface area (Å²) in [6, 6.07) is 19.4. The van der Waals surface area contributed by atoms with Crippen LogP contribution in [0, 0.1) is 20.8 Å². The van der Waals surface area contributed by atoms with E-state index in [1.54, 1.807) is 0 Å². The van der Waals surface area contributed by atoms with Gasteiger partial charge in [0, 0.05) is 28.8 Å². The van der Waals surface area contributed by atoms with E-state index in [2.05, 4.69) is 32.8 Å². The molecule has 0 spiro atoms. The van der Waals surface area contributed by atoms with Gasteiger partial charge in [-0.25, -0.2) is 4.98 Å². The Kier molecular flexibility index (Phi) is 5.95. The predicted octanol–water partition coefficient (Wildman–Crippen LogP) is 6.20. The molecule has 2 heterocycles. The predicted molar refractivity (Wildman–Crippen MR) is 128 cm³/mol. The minimum atomic E-state index is -0.0999. The number of thiophene rings is 1. The maximum atomic E-state index is 12.3. The van der Waals surface area contributed by atoms with E-state index in [0.29, 0.717) is 16.6 Å². The number of benzene rings is 2. The summed E-state index contributed by atoms with van der Waals surface area (Å²) in [5.41, 5.74) is 5.67. The smallest absolute Gasteiger partial charge is 0.265 e. The first-order valence-electron chi connectivity index (χ1n) is 9.87. The number of nitrogens with one attached hydrogen (secondary N) is 3. The molecular formula is C24H23N5OS. The highest BCUT2D eigenvalue weighted by Crippen LogP contribution is 2.22. The molecule has 0 saturated carbocycles. The fourth-order valence-electron chi connectivity index (χ4n) is 2.98. The summed E-state index contributed by atoms with van der Waals surface area (Å²) >= 11 is 1.44. The van der Waals surface area contributed by atoms with Crippen LogP contribution in [0.4, 0.5) is 28.8 Å². The molecule has 6 nitrogen and oxygen atoms in total. The van der Waals surface area contributed by atoms with Crippen molar-refractivity contribution in [2.24, 2.45) is 0 Å². The van der Waals surface area contributed by atoms with Crippen molar-refractivity contribution < 1.29 is 4.79 Å². The molecule has 4 aromatic rings. The standard InChI is InChI=1S/C24H23N5OS/c1-15-4-6-20(7-5-15)28-24-25-17(3)13-22(29-24)26-18-8-10-19(11-9-18)27-23(30)21-12-16(2)14-31-21/h4-14H,1-3H3,(H,27,30)(H2,25,26,28,29). The van der Waals surface area contributed by atoms with Gasteiger partial charge in [-0.2, -0.15) is 4.98 Å². The summed E-state index contributed by atoms with van der Waals surface area (Å²) in [5, 5.41) is 11.4. The highest BCUT2D eigenvalue weighted by Gasteiger charge is 2.09. The molecule has 0 aliphatic heterocycles. The minimum Gasteiger partial charge on any atom is -0.340 e. The lowest BCUT2D eigenvalue weighted by molar-refractivity contribution is 0.103. The van der Waals surface area contributed by atoms with Crippen molar-refractivity contribution >= 4 is 46.1 Å². The average molecular weight is 430 g/mol. The van der Waals surface area contributed by atoms with Crippen LogP contribution in [-0.4, -0.2) is 15.9 Å². The molecule has 0 atom stereocenters. The molecule has 1 amide bonds. The van der Waals surface area contributed by atoms with Crippen LogP contribution in [0.3, 0.4) is 0 Å². The fourth-order valence-corrected chi connectivity index (χ4v) is 3.78. The molecule has 7 heteroatoms. The number of rotatable bonds is 6. The molecular weight excluding hydrogens is 406 g/mol. The number of amides is 1. The number of nitrogens with zero attached hydrogens (tertiary/aromatic N) is 2. The van der Waals surface area contributed by atoms with Crippen LogP contribution in [0.25, 0.3) is 0 Å². The van der Waals surface area contributed by atoms with Crippen molar-refractivity contribution in [3.63, 3.8) is 0 Å². The molecule has 0 aliphatic carbocycles. The van der Waals surface area contributed by atoms with Crippen molar-refractivity contribution in [2.45, 2.75) is 20.8 Å². The second kappa shape index (κ2) is 8.97. The number of hydrogen-bond donors (Lipinski definition) is 3. The maximum absolute atomic E-state index is 12.3. The van der Waals surface area contributed by atoms with Crippen molar-refractivity contribution in [3.8, 4) is 0 Å². The largest absolute Gasteiger partial charge is 0.340 e. The van der Waals surface area contributed by atoms with Crippen LogP contribution in [0.5, 0.6) is 0 Å². The third-order valence-electron chi connectivity index (χ3n) is 4.53. The van der Waals surface area contributed by atoms with Crippen LogP contribution < -0.4 is 16.0 Å². The van der Waals surface area contributed by atoms with E-state index in [4.69, 9.17) is 0 Å². The number of anilines is 5. The Morgan fingerprint density at radius 2 is 1.42 bits per heavy atom. The second-order valence-corrected chi connectivity index (χ2v) is 8.27. The Morgan fingerprint density at radius 1 is 0.774 bits per heavy atom. The molecule has 0 unspecified atom stereocenters. The van der Waals surface area contributed by atoms with Gasteiger partial charge in [-0.05, 0) is 74.2 Å². The summed E-state index contributed by atoms with van der Waals surface area (Å²) in [5.74, 6) is 1.12. The third-order valence-corrected chi connectivity index (χ3v) is 5.58. The van der Waals surface area contributed by atoms with Gasteiger partial charge in [-0.15, -0.1) is 11.3 Å². The lowest BCUT2D eigenvalue weighted by atomic mass is 10.2. The van der Waals surface area contributed by atoms with E-state index in [-0.39, 0.29) is 5.91 Å². The highest BCUT2D eigenvalue weighted by molar-refractivity contribution is 7.12. The lowest BCUT2D eigenvalue weighted by Gasteiger charge is -2.11. The fraction of sp³-hybridized carbons (Fsp3) is 0.125. The van der Waals surface area contributed by atoms with Crippen LogP contribution in [0.1, 0.15) is 26.5 Å². The zero-order valence-corrected chi connectivity index (χ0v) is 18.4. The van der Waals surface area contributed by atoms with Crippen LogP contribution in [0.2, 0.25) is 0 Å². The van der Waals surface area contributed by atoms with Gasteiger partial charge < -0.3 is 16.0 Å². The normalized spacial score (nSPS) is 10.5. The van der Waals surface area contributed by atoms with E-state index in [1.165, 1.54) is 16.9 Å². The zero-order chi connectivity index (χ0) is 21.8. The van der Waals surface area contributed by atoms with Gasteiger partial charge in [0.15, 0.2) is 0 Å². The first-order valence-corrected chi connectivity index (χ1v) is 10.8. The number of aromatic nitrogens is 2. The average Bonchev–Trinajstić information content (AvgIpc) is 3.17. The quantitative estimate of drug-likeness (QED) is 0.340. The van der Waals surface area contributed by atoms with Crippen molar-refractivity contribution in [1.29, 1.82) is 0 Å². The molecule has 3 N–H and O–H groups in total. The van der Waals surface area contributed by atoms with Crippen molar-refractivity contribution in [2.75, 3.05) is 16.0 Å². The number of carbonyl (C=O) groups excluding carboxylic acids is 1. The summed E-state index contributed by atoms with van der Waals surface area (Å²) < 4.78 is 0. The minimum absolute atomic E-state index is 0.0999. The lowest BCUT2D eigenvalue weighted by Crippen LogP contribution is -2.10. The second-order valence-electron chi connectivity index (χ2n) is 7.35. The van der Waals surface area contributed by atoms with Crippen molar-refractivity contribution in [1.82, 2.24) is 9.97 Å². The Bertz CT molecular complexity index is 1200. The Morgan fingerprint density at radius 3 is 2.10 bits per heavy atom. The first-order chi connectivity index (χ1) is 14.9. The molecule has 0 saturated heterocycles. The van der Waals surface area contributed by atoms with Gasteiger partial charge in [0.1, 0.15) is 5.82 Å². The molecule has 0 fully saturated rings. The molecule has 4 rings (SSSR count). The van der Waals surface area contributed by atoms with Gasteiger partial charge in [0.05, 0.1) is 4.88 Å². The van der Waals surface area contributed by atoms with Gasteiger partial charge in [0.25, 0.3) is 5.91 Å². The monoisotopic (exact) mass is 429 g/mol. The maximum Gasteiger partial charge on any atom is 0.265 e. The van der Waals surface area contributed by atoms with Crippen LogP contribution in [-0.2, 0) is 0 Å². The van der Waals surface area contributed by atoms with E-state index >= 15 is 0 Å². The van der Waals surface area contributed by atoms with Crippen LogP contribution >= 0.6 is 11.3 Å². The molecule has 2 aromatic heterocycles. The van der Waals surface area contributed by atoms with Crippen molar-refractivity contribution in [3.05, 3.63) is 87.7 Å². The molecule has 2 aromatic carbocycles. The number of carbonyl (C=O) groups is 1. The number of hydrogen-bond acceptors (Lipinski definition) is 6. The topological polar surface area (TPSA) is 78.9 Å². The molecule has 156 valence electrons. The summed E-state index contributed by atoms with van der Waals surface area (Å²) in [4.78, 5) is 22.0. The van der Waals surface area contributed by atoms with Gasteiger partial charge in [-0.3, -0.25) is 4.79 Å². The first kappa shape index (κ1) is 20.6. The molecule has 0 radical (unpaired) electrons. The van der Waals surface area contributed by atoms with E-state index in [9.17, 15) is 4.79 Å². The number of aryl methyl sites for hydroxylation is 3. The molecule has 0 aliphatic rings. The zero-order valence-electron chi connectivity index (χ0n) is 17.6. The SMILES string of the molecule is Cc1ccc(Nc2nc(C)cc(Nc3ccc(NC(=O)c4cc(C)cs4)cc3)n2)cc1. The van der Waals surface area contributed by atoms with Gasteiger partial charge in [0.2, 0.25) is 5.95 Å². The Hall–Kier alpha value is -3.71.